The SMILES string of the molecule is COc1cc(C(=O)Nc2cccc(C(=O)NN=Cc3cc(Br)ccc3OC(=O)c3ccc(Cl)cc3Cl)c2)ccc1OC(C)=O. The molecule has 0 atom stereocenters. The topological polar surface area (TPSA) is 132 Å². The zero-order valence-electron chi connectivity index (χ0n) is 23.0. The molecule has 4 aromatic carbocycles. The lowest BCUT2D eigenvalue weighted by Gasteiger charge is -2.11. The maximum Gasteiger partial charge on any atom is 0.345 e. The van der Waals surface area contributed by atoms with E-state index in [-0.39, 0.29) is 39.0 Å². The molecule has 4 rings (SSSR count). The molecule has 4 aromatic rings. The molecule has 0 aromatic heterocycles. The molecule has 0 heterocycles. The molecule has 0 aliphatic rings. The number of esters is 2. The molecule has 0 saturated carbocycles. The van der Waals surface area contributed by atoms with E-state index < -0.39 is 23.8 Å². The number of carbonyl (C=O) groups excluding carboxylic acids is 4. The highest BCUT2D eigenvalue weighted by molar-refractivity contribution is 9.10. The molecule has 44 heavy (non-hydrogen) atoms. The number of hydrogen-bond acceptors (Lipinski definition) is 8. The van der Waals surface area contributed by atoms with Crippen molar-refractivity contribution in [2.75, 3.05) is 12.4 Å². The highest BCUT2D eigenvalue weighted by atomic mass is 79.9. The number of hydrazone groups is 1. The van der Waals surface area contributed by atoms with Crippen LogP contribution in [0.4, 0.5) is 5.69 Å². The Hall–Kier alpha value is -4.71. The van der Waals surface area contributed by atoms with Crippen LogP contribution in [-0.4, -0.2) is 37.1 Å². The van der Waals surface area contributed by atoms with Gasteiger partial charge >= 0.3 is 11.9 Å². The van der Waals surface area contributed by atoms with Crippen molar-refractivity contribution in [1.29, 1.82) is 0 Å². The Labute approximate surface area is 270 Å². The zero-order chi connectivity index (χ0) is 31.8. The summed E-state index contributed by atoms with van der Waals surface area (Å²) < 4.78 is 16.5. The number of anilines is 1. The van der Waals surface area contributed by atoms with Gasteiger partial charge in [0, 0.05) is 38.8 Å². The van der Waals surface area contributed by atoms with Gasteiger partial charge in [-0.25, -0.2) is 10.2 Å². The summed E-state index contributed by atoms with van der Waals surface area (Å²) in [6.07, 6.45) is 1.31. The lowest BCUT2D eigenvalue weighted by molar-refractivity contribution is -0.132. The van der Waals surface area contributed by atoms with Crippen molar-refractivity contribution in [3.05, 3.63) is 116 Å². The first kappa shape index (κ1) is 32.2. The lowest BCUT2D eigenvalue weighted by atomic mass is 10.1. The van der Waals surface area contributed by atoms with Crippen LogP contribution in [0.1, 0.15) is 43.6 Å². The van der Waals surface area contributed by atoms with Gasteiger partial charge in [-0.1, -0.05) is 45.2 Å². The van der Waals surface area contributed by atoms with Gasteiger partial charge in [-0.3, -0.25) is 14.4 Å². The fraction of sp³-hybridized carbons (Fsp3) is 0.0645. The molecule has 0 bridgehead atoms. The number of ether oxygens (including phenoxy) is 3. The van der Waals surface area contributed by atoms with Crippen LogP contribution in [0.25, 0.3) is 0 Å². The quantitative estimate of drug-likeness (QED) is 0.0839. The molecule has 2 amide bonds. The van der Waals surface area contributed by atoms with E-state index in [1.807, 2.05) is 0 Å². The summed E-state index contributed by atoms with van der Waals surface area (Å²) in [5, 5.41) is 7.22. The Morgan fingerprint density at radius 1 is 0.818 bits per heavy atom. The van der Waals surface area contributed by atoms with Gasteiger partial charge < -0.3 is 19.5 Å². The van der Waals surface area contributed by atoms with Gasteiger partial charge in [0.2, 0.25) is 0 Å². The third-order valence-corrected chi connectivity index (χ3v) is 6.80. The summed E-state index contributed by atoms with van der Waals surface area (Å²) in [4.78, 5) is 49.6. The molecule has 0 radical (unpaired) electrons. The van der Waals surface area contributed by atoms with E-state index in [1.54, 1.807) is 36.4 Å². The van der Waals surface area contributed by atoms with Crippen molar-refractivity contribution < 1.29 is 33.4 Å². The second kappa shape index (κ2) is 14.6. The van der Waals surface area contributed by atoms with Crippen LogP contribution in [-0.2, 0) is 4.79 Å². The van der Waals surface area contributed by atoms with Crippen LogP contribution in [0.2, 0.25) is 10.0 Å². The van der Waals surface area contributed by atoms with Crippen molar-refractivity contribution in [3.63, 3.8) is 0 Å². The molecule has 10 nitrogen and oxygen atoms in total. The van der Waals surface area contributed by atoms with Crippen molar-refractivity contribution in [1.82, 2.24) is 5.43 Å². The van der Waals surface area contributed by atoms with E-state index in [0.717, 1.165) is 0 Å². The number of amides is 2. The lowest BCUT2D eigenvalue weighted by Crippen LogP contribution is -2.18. The normalized spacial score (nSPS) is 10.7. The van der Waals surface area contributed by atoms with Crippen LogP contribution in [0.15, 0.2) is 88.4 Å². The molecule has 2 N–H and O–H groups in total. The molecule has 224 valence electrons. The number of benzene rings is 4. The Balaban J connectivity index is 1.43. The molecule has 0 aliphatic heterocycles. The largest absolute Gasteiger partial charge is 0.493 e. The number of hydrogen-bond donors (Lipinski definition) is 2. The molecule has 0 saturated heterocycles. The van der Waals surface area contributed by atoms with Crippen molar-refractivity contribution in [2.24, 2.45) is 5.10 Å². The number of rotatable bonds is 9. The van der Waals surface area contributed by atoms with Gasteiger partial charge in [-0.05, 0) is 72.8 Å². The number of halogens is 3. The summed E-state index contributed by atoms with van der Waals surface area (Å²) in [7, 11) is 1.38. The predicted molar refractivity (Wildman–Crippen MR) is 169 cm³/mol. The summed E-state index contributed by atoms with van der Waals surface area (Å²) in [5.74, 6) is -1.73. The standard InChI is InChI=1S/C31H22BrCl2N3O7/c1-17(38)43-27-10-6-19(14-28(27)42-2)29(39)36-23-5-3-4-18(13-23)30(40)37-35-16-20-12-21(32)7-11-26(20)44-31(41)24-9-8-22(33)15-25(24)34/h3-16H,1-2H3,(H,36,39)(H,37,40). The maximum atomic E-state index is 12.8. The van der Waals surface area contributed by atoms with E-state index >= 15 is 0 Å². The zero-order valence-corrected chi connectivity index (χ0v) is 26.1. The van der Waals surface area contributed by atoms with Crippen LogP contribution < -0.4 is 25.0 Å². The first-order chi connectivity index (χ1) is 21.0. The third kappa shape index (κ3) is 8.44. The summed E-state index contributed by atoms with van der Waals surface area (Å²) in [6, 6.07) is 19.8. The Kier molecular flexibility index (Phi) is 10.7. The molecule has 0 unspecified atom stereocenters. The maximum absolute atomic E-state index is 12.8. The number of methoxy groups -OCH3 is 1. The van der Waals surface area contributed by atoms with E-state index in [9.17, 15) is 19.2 Å². The minimum atomic E-state index is -0.703. The minimum Gasteiger partial charge on any atom is -0.493 e. The van der Waals surface area contributed by atoms with Crippen molar-refractivity contribution >= 4 is 74.8 Å². The van der Waals surface area contributed by atoms with E-state index in [1.165, 1.54) is 62.7 Å². The predicted octanol–water partition coefficient (Wildman–Crippen LogP) is 6.93. The summed E-state index contributed by atoms with van der Waals surface area (Å²) in [5.41, 5.74) is 3.71. The van der Waals surface area contributed by atoms with Gasteiger partial charge in [0.25, 0.3) is 11.8 Å². The average molecular weight is 699 g/mol. The highest BCUT2D eigenvalue weighted by Crippen LogP contribution is 2.29. The monoisotopic (exact) mass is 697 g/mol. The minimum absolute atomic E-state index is 0.125. The fourth-order valence-electron chi connectivity index (χ4n) is 3.74. The van der Waals surface area contributed by atoms with Crippen molar-refractivity contribution in [2.45, 2.75) is 6.92 Å². The van der Waals surface area contributed by atoms with Gasteiger partial charge in [-0.2, -0.15) is 5.10 Å². The first-order valence-electron chi connectivity index (χ1n) is 12.6. The molecule has 13 heteroatoms. The summed E-state index contributed by atoms with van der Waals surface area (Å²) in [6.45, 7) is 1.25. The Morgan fingerprint density at radius 3 is 2.30 bits per heavy atom. The third-order valence-electron chi connectivity index (χ3n) is 5.76. The van der Waals surface area contributed by atoms with E-state index in [4.69, 9.17) is 37.4 Å². The Morgan fingerprint density at radius 2 is 1.57 bits per heavy atom. The molecular formula is C31H22BrCl2N3O7. The molecule has 0 spiro atoms. The Bertz CT molecular complexity index is 1800. The van der Waals surface area contributed by atoms with Crippen LogP contribution in [0, 0.1) is 0 Å². The second-order valence-corrected chi connectivity index (χ2v) is 10.6. The second-order valence-electron chi connectivity index (χ2n) is 8.89. The van der Waals surface area contributed by atoms with E-state index in [0.29, 0.717) is 20.7 Å². The number of nitrogens with zero attached hydrogens (tertiary/aromatic N) is 1. The molecule has 0 aliphatic carbocycles. The van der Waals surface area contributed by atoms with Crippen molar-refractivity contribution in [3.8, 4) is 17.2 Å². The highest BCUT2D eigenvalue weighted by Gasteiger charge is 2.16. The van der Waals surface area contributed by atoms with Gasteiger partial charge in [-0.15, -0.1) is 0 Å². The van der Waals surface area contributed by atoms with Crippen LogP contribution in [0.5, 0.6) is 17.2 Å². The van der Waals surface area contributed by atoms with E-state index in [2.05, 4.69) is 31.8 Å². The number of nitrogens with one attached hydrogen (secondary N) is 2. The molecule has 0 fully saturated rings. The summed E-state index contributed by atoms with van der Waals surface area (Å²) >= 11 is 15.4. The van der Waals surface area contributed by atoms with Crippen LogP contribution >= 0.6 is 39.1 Å². The smallest absolute Gasteiger partial charge is 0.345 e. The van der Waals surface area contributed by atoms with Crippen LogP contribution in [0.3, 0.4) is 0 Å². The van der Waals surface area contributed by atoms with Gasteiger partial charge in [0.05, 0.1) is 23.9 Å². The number of carbonyl (C=O) groups is 4. The molecular weight excluding hydrogens is 677 g/mol. The first-order valence-corrected chi connectivity index (χ1v) is 14.2. The fourth-order valence-corrected chi connectivity index (χ4v) is 4.60. The average Bonchev–Trinajstić information content (AvgIpc) is 2.98. The van der Waals surface area contributed by atoms with Gasteiger partial charge in [0.1, 0.15) is 5.75 Å². The van der Waals surface area contributed by atoms with Gasteiger partial charge in [0.15, 0.2) is 11.5 Å².